The van der Waals surface area contributed by atoms with Gasteiger partial charge in [0.15, 0.2) is 5.69 Å². The van der Waals surface area contributed by atoms with Gasteiger partial charge in [0.25, 0.3) is 0 Å². The van der Waals surface area contributed by atoms with Gasteiger partial charge in [-0.15, -0.1) is 0 Å². The van der Waals surface area contributed by atoms with Gasteiger partial charge in [0.1, 0.15) is 6.10 Å². The standard InChI is InChI=1S/C7H8N2O2S/c10-7(6-4-8-12-9-6)11-5-2-1-3-5/h4-5H,1-3H2. The van der Waals surface area contributed by atoms with Gasteiger partial charge in [-0.25, -0.2) is 4.79 Å². The van der Waals surface area contributed by atoms with Crippen LogP contribution in [0, 0.1) is 0 Å². The van der Waals surface area contributed by atoms with Gasteiger partial charge in [0, 0.05) is 0 Å². The molecular formula is C7H8N2O2S. The summed E-state index contributed by atoms with van der Waals surface area (Å²) in [6.45, 7) is 0. The number of carbonyl (C=O) groups is 1. The molecule has 1 fully saturated rings. The minimum absolute atomic E-state index is 0.124. The lowest BCUT2D eigenvalue weighted by Gasteiger charge is -2.24. The van der Waals surface area contributed by atoms with E-state index in [4.69, 9.17) is 4.74 Å². The van der Waals surface area contributed by atoms with Crippen molar-refractivity contribution in [2.45, 2.75) is 25.4 Å². The summed E-state index contributed by atoms with van der Waals surface area (Å²) in [5, 5.41) is 0. The number of hydrogen-bond acceptors (Lipinski definition) is 5. The van der Waals surface area contributed by atoms with Crippen LogP contribution >= 0.6 is 11.7 Å². The van der Waals surface area contributed by atoms with Crippen LogP contribution in [0.1, 0.15) is 29.8 Å². The van der Waals surface area contributed by atoms with E-state index >= 15 is 0 Å². The first kappa shape index (κ1) is 7.67. The zero-order valence-electron chi connectivity index (χ0n) is 6.40. The Hall–Kier alpha value is -0.970. The minimum Gasteiger partial charge on any atom is -0.458 e. The van der Waals surface area contributed by atoms with E-state index in [1.165, 1.54) is 6.20 Å². The maximum absolute atomic E-state index is 11.2. The molecule has 1 aliphatic carbocycles. The summed E-state index contributed by atoms with van der Waals surface area (Å²) >= 11 is 1.02. The Morgan fingerprint density at radius 1 is 1.67 bits per heavy atom. The first-order valence-corrected chi connectivity index (χ1v) is 4.58. The molecule has 5 heteroatoms. The molecule has 0 amide bonds. The van der Waals surface area contributed by atoms with Gasteiger partial charge >= 0.3 is 5.97 Å². The van der Waals surface area contributed by atoms with E-state index in [1.54, 1.807) is 0 Å². The van der Waals surface area contributed by atoms with Crippen molar-refractivity contribution < 1.29 is 9.53 Å². The molecule has 1 aromatic rings. The maximum Gasteiger partial charge on any atom is 0.360 e. The first-order chi connectivity index (χ1) is 5.86. The van der Waals surface area contributed by atoms with Crippen LogP contribution in [0.25, 0.3) is 0 Å². The molecule has 4 nitrogen and oxygen atoms in total. The van der Waals surface area contributed by atoms with E-state index in [9.17, 15) is 4.79 Å². The van der Waals surface area contributed by atoms with Crippen LogP contribution in [-0.4, -0.2) is 20.8 Å². The average Bonchev–Trinajstić information content (AvgIpc) is 2.47. The fraction of sp³-hybridized carbons (Fsp3) is 0.571. The number of hydrogen-bond donors (Lipinski definition) is 0. The molecule has 0 atom stereocenters. The summed E-state index contributed by atoms with van der Waals surface area (Å²) < 4.78 is 12.6. The molecule has 0 radical (unpaired) electrons. The number of esters is 1. The fourth-order valence-electron chi connectivity index (χ4n) is 0.955. The Morgan fingerprint density at radius 2 is 2.50 bits per heavy atom. The quantitative estimate of drug-likeness (QED) is 0.649. The van der Waals surface area contributed by atoms with Gasteiger partial charge in [-0.3, -0.25) is 0 Å². The van der Waals surface area contributed by atoms with E-state index in [2.05, 4.69) is 8.75 Å². The molecular weight excluding hydrogens is 176 g/mol. The van der Waals surface area contributed by atoms with E-state index in [0.29, 0.717) is 5.69 Å². The number of carbonyl (C=O) groups excluding carboxylic acids is 1. The first-order valence-electron chi connectivity index (χ1n) is 3.85. The molecule has 0 spiro atoms. The largest absolute Gasteiger partial charge is 0.458 e. The Labute approximate surface area is 73.9 Å². The SMILES string of the molecule is O=C(OC1CCC1)c1cnsn1. The third kappa shape index (κ3) is 1.45. The Kier molecular flexibility index (Phi) is 2.03. The lowest BCUT2D eigenvalue weighted by Crippen LogP contribution is -2.25. The summed E-state index contributed by atoms with van der Waals surface area (Å²) in [7, 11) is 0. The smallest absolute Gasteiger partial charge is 0.360 e. The second-order valence-electron chi connectivity index (χ2n) is 2.75. The summed E-state index contributed by atoms with van der Waals surface area (Å²) in [4.78, 5) is 11.2. The van der Waals surface area contributed by atoms with E-state index in [1.807, 2.05) is 0 Å². The molecule has 0 aromatic carbocycles. The molecule has 64 valence electrons. The molecule has 0 aliphatic heterocycles. The third-order valence-corrected chi connectivity index (χ3v) is 2.37. The monoisotopic (exact) mass is 184 g/mol. The maximum atomic E-state index is 11.2. The van der Waals surface area contributed by atoms with Crippen molar-refractivity contribution >= 4 is 17.7 Å². The van der Waals surface area contributed by atoms with Crippen molar-refractivity contribution in [1.82, 2.24) is 8.75 Å². The van der Waals surface area contributed by atoms with Crippen LogP contribution in [0.2, 0.25) is 0 Å². The predicted molar refractivity (Wildman–Crippen MR) is 43.0 cm³/mol. The molecule has 1 aliphatic rings. The molecule has 0 unspecified atom stereocenters. The van der Waals surface area contributed by atoms with Crippen LogP contribution < -0.4 is 0 Å². The van der Waals surface area contributed by atoms with Gasteiger partial charge in [0.2, 0.25) is 0 Å². The lowest BCUT2D eigenvalue weighted by atomic mass is 9.96. The van der Waals surface area contributed by atoms with Crippen molar-refractivity contribution in [3.63, 3.8) is 0 Å². The van der Waals surface area contributed by atoms with Crippen molar-refractivity contribution in [1.29, 1.82) is 0 Å². The molecule has 1 saturated carbocycles. The van der Waals surface area contributed by atoms with Crippen LogP contribution in [0.5, 0.6) is 0 Å². The fourth-order valence-corrected chi connectivity index (χ4v) is 1.36. The van der Waals surface area contributed by atoms with E-state index in [-0.39, 0.29) is 12.1 Å². The van der Waals surface area contributed by atoms with Crippen LogP contribution in [0.15, 0.2) is 6.20 Å². The second kappa shape index (κ2) is 3.18. The van der Waals surface area contributed by atoms with Crippen molar-refractivity contribution in [2.75, 3.05) is 0 Å². The highest BCUT2D eigenvalue weighted by Crippen LogP contribution is 2.22. The molecule has 0 N–H and O–H groups in total. The molecule has 1 aromatic heterocycles. The Balaban J connectivity index is 1.92. The highest BCUT2D eigenvalue weighted by Gasteiger charge is 2.23. The highest BCUT2D eigenvalue weighted by atomic mass is 32.1. The molecule has 12 heavy (non-hydrogen) atoms. The van der Waals surface area contributed by atoms with Gasteiger partial charge in [-0.1, -0.05) is 0 Å². The highest BCUT2D eigenvalue weighted by molar-refractivity contribution is 6.99. The van der Waals surface area contributed by atoms with Gasteiger partial charge in [0.05, 0.1) is 17.9 Å². The predicted octanol–water partition coefficient (Wildman–Crippen LogP) is 1.25. The number of rotatable bonds is 2. The van der Waals surface area contributed by atoms with Crippen LogP contribution in [0.4, 0.5) is 0 Å². The molecule has 0 bridgehead atoms. The molecule has 0 saturated heterocycles. The third-order valence-electron chi connectivity index (χ3n) is 1.90. The van der Waals surface area contributed by atoms with E-state index in [0.717, 1.165) is 31.0 Å². The van der Waals surface area contributed by atoms with Crippen LogP contribution in [-0.2, 0) is 4.74 Å². The van der Waals surface area contributed by atoms with E-state index < -0.39 is 0 Å². The van der Waals surface area contributed by atoms with Crippen molar-refractivity contribution in [2.24, 2.45) is 0 Å². The topological polar surface area (TPSA) is 52.1 Å². The minimum atomic E-state index is -0.339. The van der Waals surface area contributed by atoms with Gasteiger partial charge in [-0.05, 0) is 19.3 Å². The number of ether oxygens (including phenoxy) is 1. The normalized spacial score (nSPS) is 17.0. The number of nitrogens with zero attached hydrogens (tertiary/aromatic N) is 2. The summed E-state index contributed by atoms with van der Waals surface area (Å²) in [5.41, 5.74) is 0.326. The Morgan fingerprint density at radius 3 is 3.00 bits per heavy atom. The summed E-state index contributed by atoms with van der Waals surface area (Å²) in [6, 6.07) is 0. The molecule has 2 rings (SSSR count). The lowest BCUT2D eigenvalue weighted by molar-refractivity contribution is 0.00848. The summed E-state index contributed by atoms with van der Waals surface area (Å²) in [6.07, 6.45) is 4.70. The van der Waals surface area contributed by atoms with Crippen molar-refractivity contribution in [3.05, 3.63) is 11.9 Å². The Bertz CT molecular complexity index is 269. The average molecular weight is 184 g/mol. The second-order valence-corrected chi connectivity index (χ2v) is 3.31. The zero-order chi connectivity index (χ0) is 8.39. The van der Waals surface area contributed by atoms with Gasteiger partial charge < -0.3 is 4.74 Å². The summed E-state index contributed by atoms with van der Waals surface area (Å²) in [5.74, 6) is -0.339. The van der Waals surface area contributed by atoms with Crippen molar-refractivity contribution in [3.8, 4) is 0 Å². The van der Waals surface area contributed by atoms with Gasteiger partial charge in [-0.2, -0.15) is 8.75 Å². The molecule has 1 heterocycles. The van der Waals surface area contributed by atoms with Crippen LogP contribution in [0.3, 0.4) is 0 Å². The number of aromatic nitrogens is 2. The zero-order valence-corrected chi connectivity index (χ0v) is 7.21.